The van der Waals surface area contributed by atoms with Gasteiger partial charge in [-0.25, -0.2) is 0 Å². The Labute approximate surface area is 181 Å². The minimum absolute atomic E-state index is 0.0483. The number of amides is 1. The van der Waals surface area contributed by atoms with Gasteiger partial charge >= 0.3 is 6.18 Å². The average Bonchev–Trinajstić information content (AvgIpc) is 2.79. The lowest BCUT2D eigenvalue weighted by Gasteiger charge is -2.39. The molecule has 0 radical (unpaired) electrons. The van der Waals surface area contributed by atoms with Gasteiger partial charge in [0.1, 0.15) is 0 Å². The predicted molar refractivity (Wildman–Crippen MR) is 115 cm³/mol. The minimum Gasteiger partial charge on any atom is -0.368 e. The van der Waals surface area contributed by atoms with E-state index in [-0.39, 0.29) is 11.8 Å². The SMILES string of the molecule is O=C(C1CCN(Cc2ccccc2)CC1)N1CCN(c2cccc(C(F)(F)F)c2)CC1. The smallest absolute Gasteiger partial charge is 0.368 e. The number of carbonyl (C=O) groups excluding carboxylic acids is 1. The van der Waals surface area contributed by atoms with Crippen molar-refractivity contribution in [3.05, 3.63) is 65.7 Å². The van der Waals surface area contributed by atoms with Crippen LogP contribution in [0.15, 0.2) is 54.6 Å². The first-order valence-corrected chi connectivity index (χ1v) is 10.9. The molecule has 7 heteroatoms. The van der Waals surface area contributed by atoms with E-state index in [0.717, 1.165) is 38.5 Å². The summed E-state index contributed by atoms with van der Waals surface area (Å²) in [5.74, 6) is 0.246. The number of nitrogens with zero attached hydrogens (tertiary/aromatic N) is 3. The van der Waals surface area contributed by atoms with Gasteiger partial charge < -0.3 is 9.80 Å². The fraction of sp³-hybridized carbons (Fsp3) is 0.458. The van der Waals surface area contributed by atoms with E-state index in [1.165, 1.54) is 17.7 Å². The highest BCUT2D eigenvalue weighted by molar-refractivity contribution is 5.79. The molecule has 4 nitrogen and oxygen atoms in total. The standard InChI is InChI=1S/C24H28F3N3O/c25-24(26,27)21-7-4-8-22(17-21)29-13-15-30(16-14-29)23(31)20-9-11-28(12-10-20)18-19-5-2-1-3-6-19/h1-8,17,20H,9-16,18H2. The zero-order chi connectivity index (χ0) is 21.8. The van der Waals surface area contributed by atoms with E-state index < -0.39 is 11.7 Å². The highest BCUT2D eigenvalue weighted by Crippen LogP contribution is 2.32. The van der Waals surface area contributed by atoms with Crippen LogP contribution in [-0.2, 0) is 17.5 Å². The first kappa shape index (κ1) is 21.7. The largest absolute Gasteiger partial charge is 0.416 e. The number of hydrogen-bond donors (Lipinski definition) is 0. The van der Waals surface area contributed by atoms with Gasteiger partial charge in [-0.15, -0.1) is 0 Å². The zero-order valence-electron chi connectivity index (χ0n) is 17.5. The molecule has 0 atom stereocenters. The molecular formula is C24H28F3N3O. The molecule has 0 aliphatic carbocycles. The lowest BCUT2D eigenvalue weighted by molar-refractivity contribution is -0.138. The molecule has 0 unspecified atom stereocenters. The Morgan fingerprint density at radius 2 is 1.55 bits per heavy atom. The van der Waals surface area contributed by atoms with Gasteiger partial charge in [-0.2, -0.15) is 13.2 Å². The van der Waals surface area contributed by atoms with Gasteiger partial charge in [0.15, 0.2) is 0 Å². The molecule has 0 bridgehead atoms. The molecule has 2 aromatic carbocycles. The fourth-order valence-electron chi connectivity index (χ4n) is 4.50. The number of alkyl halides is 3. The second-order valence-electron chi connectivity index (χ2n) is 8.40. The number of benzene rings is 2. The van der Waals surface area contributed by atoms with Crippen LogP contribution in [0.25, 0.3) is 0 Å². The summed E-state index contributed by atoms with van der Waals surface area (Å²) in [7, 11) is 0. The molecule has 2 fully saturated rings. The van der Waals surface area contributed by atoms with Gasteiger partial charge in [0.25, 0.3) is 0 Å². The summed E-state index contributed by atoms with van der Waals surface area (Å²) in [6, 6.07) is 15.8. The monoisotopic (exact) mass is 431 g/mol. The number of rotatable bonds is 4. The third kappa shape index (κ3) is 5.39. The summed E-state index contributed by atoms with van der Waals surface area (Å²) in [6.07, 6.45) is -2.62. The minimum atomic E-state index is -4.34. The molecule has 0 saturated carbocycles. The highest BCUT2D eigenvalue weighted by atomic mass is 19.4. The maximum atomic E-state index is 13.0. The van der Waals surface area contributed by atoms with Crippen LogP contribution in [0.4, 0.5) is 18.9 Å². The van der Waals surface area contributed by atoms with Gasteiger partial charge in [-0.1, -0.05) is 36.4 Å². The van der Waals surface area contributed by atoms with Crippen molar-refractivity contribution in [2.45, 2.75) is 25.6 Å². The van der Waals surface area contributed by atoms with E-state index in [4.69, 9.17) is 0 Å². The summed E-state index contributed by atoms with van der Waals surface area (Å²) in [4.78, 5) is 19.2. The molecule has 1 amide bonds. The number of carbonyl (C=O) groups is 1. The van der Waals surface area contributed by atoms with Gasteiger partial charge in [0.2, 0.25) is 5.91 Å². The fourth-order valence-corrected chi connectivity index (χ4v) is 4.50. The van der Waals surface area contributed by atoms with Crippen LogP contribution < -0.4 is 4.90 Å². The Morgan fingerprint density at radius 1 is 0.871 bits per heavy atom. The van der Waals surface area contributed by atoms with Crippen molar-refractivity contribution in [3.8, 4) is 0 Å². The van der Waals surface area contributed by atoms with Crippen LogP contribution in [0, 0.1) is 5.92 Å². The number of halogens is 3. The molecule has 2 saturated heterocycles. The summed E-state index contributed by atoms with van der Waals surface area (Å²) < 4.78 is 39.0. The zero-order valence-corrected chi connectivity index (χ0v) is 17.5. The molecule has 0 spiro atoms. The third-order valence-electron chi connectivity index (χ3n) is 6.32. The molecular weight excluding hydrogens is 403 g/mol. The van der Waals surface area contributed by atoms with E-state index in [1.807, 2.05) is 28.0 Å². The van der Waals surface area contributed by atoms with E-state index in [9.17, 15) is 18.0 Å². The number of anilines is 1. The maximum Gasteiger partial charge on any atom is 0.416 e. The molecule has 0 N–H and O–H groups in total. The van der Waals surface area contributed by atoms with Gasteiger partial charge in [-0.3, -0.25) is 9.69 Å². The lowest BCUT2D eigenvalue weighted by atomic mass is 9.94. The lowest BCUT2D eigenvalue weighted by Crippen LogP contribution is -2.51. The van der Waals surface area contributed by atoms with Crippen LogP contribution in [-0.4, -0.2) is 55.0 Å². The Hall–Kier alpha value is -2.54. The average molecular weight is 432 g/mol. The topological polar surface area (TPSA) is 26.8 Å². The summed E-state index contributed by atoms with van der Waals surface area (Å²) >= 11 is 0. The number of hydrogen-bond acceptors (Lipinski definition) is 3. The number of piperidine rings is 1. The summed E-state index contributed by atoms with van der Waals surface area (Å²) in [6.45, 7) is 4.96. The predicted octanol–water partition coefficient (Wildman–Crippen LogP) is 4.27. The quantitative estimate of drug-likeness (QED) is 0.724. The summed E-state index contributed by atoms with van der Waals surface area (Å²) in [5, 5.41) is 0. The van der Waals surface area contributed by atoms with Crippen molar-refractivity contribution in [1.29, 1.82) is 0 Å². The molecule has 4 rings (SSSR count). The second kappa shape index (κ2) is 9.30. The second-order valence-corrected chi connectivity index (χ2v) is 8.40. The van der Waals surface area contributed by atoms with Gasteiger partial charge in [-0.05, 0) is 49.7 Å². The van der Waals surface area contributed by atoms with E-state index in [0.29, 0.717) is 31.9 Å². The van der Waals surface area contributed by atoms with Crippen molar-refractivity contribution in [1.82, 2.24) is 9.80 Å². The van der Waals surface area contributed by atoms with Crippen molar-refractivity contribution in [3.63, 3.8) is 0 Å². The van der Waals surface area contributed by atoms with Crippen molar-refractivity contribution >= 4 is 11.6 Å². The number of piperazine rings is 1. The van der Waals surface area contributed by atoms with Gasteiger partial charge in [0.05, 0.1) is 5.56 Å². The van der Waals surface area contributed by atoms with Crippen LogP contribution in [0.2, 0.25) is 0 Å². The number of likely N-dealkylation sites (tertiary alicyclic amines) is 1. The molecule has 0 aromatic heterocycles. The molecule has 2 aliphatic rings. The Morgan fingerprint density at radius 3 is 2.19 bits per heavy atom. The van der Waals surface area contributed by atoms with E-state index in [2.05, 4.69) is 17.0 Å². The van der Waals surface area contributed by atoms with Crippen LogP contribution in [0.1, 0.15) is 24.0 Å². The van der Waals surface area contributed by atoms with Gasteiger partial charge in [0, 0.05) is 44.3 Å². The van der Waals surface area contributed by atoms with Crippen LogP contribution in [0.5, 0.6) is 0 Å². The highest BCUT2D eigenvalue weighted by Gasteiger charge is 2.32. The first-order chi connectivity index (χ1) is 14.9. The van der Waals surface area contributed by atoms with Crippen LogP contribution in [0.3, 0.4) is 0 Å². The Bertz CT molecular complexity index is 871. The molecule has 2 heterocycles. The van der Waals surface area contributed by atoms with Crippen LogP contribution >= 0.6 is 0 Å². The van der Waals surface area contributed by atoms with Crippen molar-refractivity contribution in [2.24, 2.45) is 5.92 Å². The van der Waals surface area contributed by atoms with E-state index in [1.54, 1.807) is 6.07 Å². The normalized spacial score (nSPS) is 18.9. The first-order valence-electron chi connectivity index (χ1n) is 10.9. The Kier molecular flexibility index (Phi) is 6.51. The maximum absolute atomic E-state index is 13.0. The van der Waals surface area contributed by atoms with Crippen molar-refractivity contribution in [2.75, 3.05) is 44.2 Å². The molecule has 166 valence electrons. The van der Waals surface area contributed by atoms with E-state index >= 15 is 0 Å². The molecule has 2 aromatic rings. The van der Waals surface area contributed by atoms with Crippen molar-refractivity contribution < 1.29 is 18.0 Å². The third-order valence-corrected chi connectivity index (χ3v) is 6.32. The molecule has 2 aliphatic heterocycles. The Balaban J connectivity index is 1.26. The summed E-state index contributed by atoms with van der Waals surface area (Å²) in [5.41, 5.74) is 1.22. The molecule has 31 heavy (non-hydrogen) atoms.